The first-order valence-electron chi connectivity index (χ1n) is 7.09. The summed E-state index contributed by atoms with van der Waals surface area (Å²) in [7, 11) is 0. The molecule has 20 heavy (non-hydrogen) atoms. The maximum absolute atomic E-state index is 12.0. The molecule has 2 N–H and O–H groups in total. The maximum atomic E-state index is 12.0. The van der Waals surface area contributed by atoms with Gasteiger partial charge >= 0.3 is 6.09 Å². The normalized spacial score (nSPS) is 40.8. The molecule has 3 heterocycles. The third-order valence-corrected chi connectivity index (χ3v) is 5.17. The molecular formula is C14H22N4O2. The predicted molar refractivity (Wildman–Crippen MR) is 76.1 cm³/mol. The van der Waals surface area contributed by atoms with Crippen LogP contribution in [0.3, 0.4) is 0 Å². The molecule has 3 aliphatic rings. The molecule has 4 atom stereocenters. The molecule has 0 spiro atoms. The molecule has 4 unspecified atom stereocenters. The highest BCUT2D eigenvalue weighted by Crippen LogP contribution is 2.48. The second kappa shape index (κ2) is 4.14. The molecule has 0 saturated carbocycles. The SMILES string of the molecule is C=C1N2C(=O)OCC2C(N=C(C)N)C2(C)C(C)CCN12. The number of fused-ring (bicyclic) bond motifs is 2. The van der Waals surface area contributed by atoms with E-state index < -0.39 is 0 Å². The zero-order valence-electron chi connectivity index (χ0n) is 12.3. The predicted octanol–water partition coefficient (Wildman–Crippen LogP) is 1.14. The molecule has 0 aromatic rings. The van der Waals surface area contributed by atoms with Crippen molar-refractivity contribution in [1.29, 1.82) is 0 Å². The number of rotatable bonds is 1. The largest absolute Gasteiger partial charge is 0.447 e. The van der Waals surface area contributed by atoms with Gasteiger partial charge in [-0.05, 0) is 26.2 Å². The van der Waals surface area contributed by atoms with Gasteiger partial charge in [0.1, 0.15) is 18.5 Å². The van der Waals surface area contributed by atoms with E-state index in [1.807, 2.05) is 0 Å². The lowest BCUT2D eigenvalue weighted by atomic mass is 9.76. The zero-order valence-corrected chi connectivity index (χ0v) is 12.3. The monoisotopic (exact) mass is 278 g/mol. The quantitative estimate of drug-likeness (QED) is 0.577. The Hall–Kier alpha value is -1.72. The van der Waals surface area contributed by atoms with Crippen molar-refractivity contribution in [3.05, 3.63) is 12.4 Å². The Bertz CT molecular complexity index is 499. The zero-order chi connectivity index (χ0) is 14.7. The summed E-state index contributed by atoms with van der Waals surface area (Å²) in [4.78, 5) is 20.5. The van der Waals surface area contributed by atoms with Gasteiger partial charge in [-0.25, -0.2) is 4.79 Å². The molecule has 0 aliphatic carbocycles. The fourth-order valence-electron chi connectivity index (χ4n) is 3.90. The van der Waals surface area contributed by atoms with Crippen molar-refractivity contribution < 1.29 is 9.53 Å². The Morgan fingerprint density at radius 2 is 2.30 bits per heavy atom. The smallest absolute Gasteiger partial charge is 0.415 e. The molecule has 3 fully saturated rings. The first-order chi connectivity index (χ1) is 9.37. The number of nitrogens with two attached hydrogens (primary N) is 1. The molecular weight excluding hydrogens is 256 g/mol. The molecule has 6 nitrogen and oxygen atoms in total. The van der Waals surface area contributed by atoms with Crippen LogP contribution in [0.15, 0.2) is 17.4 Å². The van der Waals surface area contributed by atoms with Crippen molar-refractivity contribution in [3.63, 3.8) is 0 Å². The van der Waals surface area contributed by atoms with Crippen LogP contribution in [-0.4, -0.2) is 52.5 Å². The summed E-state index contributed by atoms with van der Waals surface area (Å²) < 4.78 is 5.22. The van der Waals surface area contributed by atoms with Crippen LogP contribution in [0, 0.1) is 5.92 Å². The van der Waals surface area contributed by atoms with Crippen LogP contribution in [0.1, 0.15) is 27.2 Å². The number of carbonyl (C=O) groups excluding carboxylic acids is 1. The molecule has 3 saturated heterocycles. The maximum Gasteiger partial charge on any atom is 0.415 e. The lowest BCUT2D eigenvalue weighted by Crippen LogP contribution is -2.66. The van der Waals surface area contributed by atoms with Crippen LogP contribution in [-0.2, 0) is 4.74 Å². The van der Waals surface area contributed by atoms with Gasteiger partial charge in [-0.1, -0.05) is 13.5 Å². The van der Waals surface area contributed by atoms with E-state index in [1.54, 1.807) is 11.8 Å². The molecule has 3 rings (SSSR count). The van der Waals surface area contributed by atoms with Crippen LogP contribution < -0.4 is 5.73 Å². The van der Waals surface area contributed by atoms with E-state index in [9.17, 15) is 4.79 Å². The minimum absolute atomic E-state index is 0.0815. The van der Waals surface area contributed by atoms with Gasteiger partial charge in [0, 0.05) is 6.54 Å². The fraction of sp³-hybridized carbons (Fsp3) is 0.714. The molecule has 110 valence electrons. The van der Waals surface area contributed by atoms with Gasteiger partial charge in [-0.3, -0.25) is 9.89 Å². The van der Waals surface area contributed by atoms with Crippen molar-refractivity contribution >= 4 is 11.9 Å². The van der Waals surface area contributed by atoms with Crippen molar-refractivity contribution in [1.82, 2.24) is 9.80 Å². The van der Waals surface area contributed by atoms with Gasteiger partial charge in [0.15, 0.2) is 0 Å². The Labute approximate surface area is 119 Å². The third-order valence-electron chi connectivity index (χ3n) is 5.17. The second-order valence-corrected chi connectivity index (χ2v) is 6.21. The number of carbonyl (C=O) groups is 1. The molecule has 0 aromatic heterocycles. The molecule has 0 bridgehead atoms. The first kappa shape index (κ1) is 13.3. The van der Waals surface area contributed by atoms with E-state index in [4.69, 9.17) is 10.5 Å². The first-order valence-corrected chi connectivity index (χ1v) is 7.09. The summed E-state index contributed by atoms with van der Waals surface area (Å²) in [6.07, 6.45) is 0.747. The lowest BCUT2D eigenvalue weighted by molar-refractivity contribution is 0.0260. The van der Waals surface area contributed by atoms with Gasteiger partial charge in [0.2, 0.25) is 0 Å². The van der Waals surface area contributed by atoms with E-state index in [1.165, 1.54) is 0 Å². The van der Waals surface area contributed by atoms with Gasteiger partial charge in [-0.15, -0.1) is 0 Å². The van der Waals surface area contributed by atoms with E-state index in [0.717, 1.165) is 18.8 Å². The van der Waals surface area contributed by atoms with E-state index in [2.05, 4.69) is 30.3 Å². The fourth-order valence-corrected chi connectivity index (χ4v) is 3.90. The number of hydrogen-bond donors (Lipinski definition) is 1. The van der Waals surface area contributed by atoms with Gasteiger partial charge in [0.05, 0.1) is 17.4 Å². The average Bonchev–Trinajstić information content (AvgIpc) is 2.88. The topological polar surface area (TPSA) is 71.2 Å². The summed E-state index contributed by atoms with van der Waals surface area (Å²) >= 11 is 0. The molecule has 0 radical (unpaired) electrons. The Morgan fingerprint density at radius 3 is 2.95 bits per heavy atom. The number of hydrogen-bond acceptors (Lipinski definition) is 4. The van der Waals surface area contributed by atoms with Crippen molar-refractivity contribution in [2.45, 2.75) is 44.8 Å². The Kier molecular flexibility index (Phi) is 2.74. The number of ether oxygens (including phenoxy) is 1. The van der Waals surface area contributed by atoms with Gasteiger partial charge in [-0.2, -0.15) is 0 Å². The molecule has 6 heteroatoms. The highest BCUT2D eigenvalue weighted by atomic mass is 16.6. The molecule has 1 amide bonds. The van der Waals surface area contributed by atoms with Crippen molar-refractivity contribution in [3.8, 4) is 0 Å². The van der Waals surface area contributed by atoms with Gasteiger partial charge in [0.25, 0.3) is 0 Å². The minimum Gasteiger partial charge on any atom is -0.447 e. The summed E-state index contributed by atoms with van der Waals surface area (Å²) in [5.41, 5.74) is 5.67. The Balaban J connectivity index is 2.10. The molecule has 0 aromatic carbocycles. The van der Waals surface area contributed by atoms with Crippen LogP contribution in [0.25, 0.3) is 0 Å². The van der Waals surface area contributed by atoms with Gasteiger partial charge < -0.3 is 15.4 Å². The standard InChI is InChI=1S/C14H22N4O2/c1-8-5-6-17-10(3)18-11(7-20-13(18)19)12(14(8,17)4)16-9(2)15/h8,11-12H,3,5-7H2,1-2,4H3,(H2,15,16). The van der Waals surface area contributed by atoms with Crippen LogP contribution >= 0.6 is 0 Å². The minimum atomic E-state index is -0.323. The van der Waals surface area contributed by atoms with E-state index >= 15 is 0 Å². The second-order valence-electron chi connectivity index (χ2n) is 6.21. The number of nitrogens with zero attached hydrogens (tertiary/aromatic N) is 3. The highest BCUT2D eigenvalue weighted by molar-refractivity contribution is 5.78. The van der Waals surface area contributed by atoms with E-state index in [0.29, 0.717) is 18.4 Å². The third kappa shape index (κ3) is 1.50. The summed E-state index contributed by atoms with van der Waals surface area (Å²) in [6.45, 7) is 11.6. The summed E-state index contributed by atoms with van der Waals surface area (Å²) in [6, 6.07) is -0.183. The highest BCUT2D eigenvalue weighted by Gasteiger charge is 2.60. The van der Waals surface area contributed by atoms with Crippen LogP contribution in [0.2, 0.25) is 0 Å². The van der Waals surface area contributed by atoms with Crippen LogP contribution in [0.5, 0.6) is 0 Å². The summed E-state index contributed by atoms with van der Waals surface area (Å²) in [5, 5.41) is 0. The van der Waals surface area contributed by atoms with Crippen molar-refractivity contribution in [2.75, 3.05) is 13.2 Å². The van der Waals surface area contributed by atoms with E-state index in [-0.39, 0.29) is 23.7 Å². The molecule has 3 aliphatic heterocycles. The number of amidine groups is 1. The lowest BCUT2D eigenvalue weighted by Gasteiger charge is -2.53. The number of cyclic esters (lactones) is 1. The number of aliphatic imine (C=N–C) groups is 1. The van der Waals surface area contributed by atoms with Crippen LogP contribution in [0.4, 0.5) is 4.79 Å². The average molecular weight is 278 g/mol. The summed E-state index contributed by atoms with van der Waals surface area (Å²) in [5.74, 6) is 1.75. The van der Waals surface area contributed by atoms with Crippen molar-refractivity contribution in [2.24, 2.45) is 16.6 Å². The Morgan fingerprint density at radius 1 is 1.60 bits per heavy atom. The number of amides is 1.